The Labute approximate surface area is 105 Å². The number of ether oxygens (including phenoxy) is 1. The summed E-state index contributed by atoms with van der Waals surface area (Å²) in [5.41, 5.74) is 12.3. The number of amides is 1. The lowest BCUT2D eigenvalue weighted by Gasteiger charge is -2.12. The van der Waals surface area contributed by atoms with E-state index in [0.29, 0.717) is 11.3 Å². The van der Waals surface area contributed by atoms with E-state index in [9.17, 15) is 4.79 Å². The zero-order valence-electron chi connectivity index (χ0n) is 9.52. The molecule has 1 heterocycles. The summed E-state index contributed by atoms with van der Waals surface area (Å²) in [6, 6.07) is 5.23. The second-order valence-electron chi connectivity index (χ2n) is 4.03. The topological polar surface area (TPSA) is 78.3 Å². The molecule has 1 fully saturated rings. The van der Waals surface area contributed by atoms with E-state index < -0.39 is 5.91 Å². The van der Waals surface area contributed by atoms with Crippen molar-refractivity contribution in [3.05, 3.63) is 23.8 Å². The summed E-state index contributed by atoms with van der Waals surface area (Å²) in [6.07, 6.45) is 2.45. The molecular formula is C12H16N2O2S. The van der Waals surface area contributed by atoms with Gasteiger partial charge in [-0.3, -0.25) is 4.79 Å². The first-order valence-corrected chi connectivity index (χ1v) is 6.59. The van der Waals surface area contributed by atoms with Crippen LogP contribution in [0.1, 0.15) is 23.2 Å². The average Bonchev–Trinajstić information content (AvgIpc) is 2.80. The molecular weight excluding hydrogens is 236 g/mol. The number of thioether (sulfide) groups is 1. The van der Waals surface area contributed by atoms with Gasteiger partial charge in [0.1, 0.15) is 0 Å². The van der Waals surface area contributed by atoms with Gasteiger partial charge in [0, 0.05) is 22.9 Å². The monoisotopic (exact) mass is 252 g/mol. The molecule has 1 aliphatic rings. The van der Waals surface area contributed by atoms with Crippen LogP contribution < -0.4 is 11.5 Å². The quantitative estimate of drug-likeness (QED) is 0.630. The van der Waals surface area contributed by atoms with Crippen molar-refractivity contribution in [1.82, 2.24) is 0 Å². The summed E-state index contributed by atoms with van der Waals surface area (Å²) in [5.74, 6) is 0.376. The zero-order chi connectivity index (χ0) is 12.3. The van der Waals surface area contributed by atoms with E-state index in [1.807, 2.05) is 0 Å². The Morgan fingerprint density at radius 2 is 2.35 bits per heavy atom. The number of benzene rings is 1. The van der Waals surface area contributed by atoms with Crippen LogP contribution in [0.3, 0.4) is 0 Å². The molecule has 0 saturated carbocycles. The van der Waals surface area contributed by atoms with Gasteiger partial charge >= 0.3 is 0 Å². The van der Waals surface area contributed by atoms with E-state index in [4.69, 9.17) is 16.2 Å². The molecule has 1 aromatic rings. The van der Waals surface area contributed by atoms with Gasteiger partial charge in [-0.2, -0.15) is 0 Å². The molecule has 1 amide bonds. The summed E-state index contributed by atoms with van der Waals surface area (Å²) in [6.45, 7) is 0.832. The first kappa shape index (κ1) is 12.3. The Balaban J connectivity index is 2.10. The molecule has 0 aromatic heterocycles. The van der Waals surface area contributed by atoms with Crippen molar-refractivity contribution in [2.75, 3.05) is 18.1 Å². The Morgan fingerprint density at radius 1 is 1.53 bits per heavy atom. The van der Waals surface area contributed by atoms with Crippen molar-refractivity contribution >= 4 is 23.4 Å². The van der Waals surface area contributed by atoms with Gasteiger partial charge in [0.2, 0.25) is 5.91 Å². The lowest BCUT2D eigenvalue weighted by molar-refractivity contribution is 0.0997. The Kier molecular flexibility index (Phi) is 3.91. The highest BCUT2D eigenvalue weighted by Gasteiger charge is 2.18. The smallest absolute Gasteiger partial charge is 0.249 e. The fraction of sp³-hybridized carbons (Fsp3) is 0.417. The minimum Gasteiger partial charge on any atom is -0.398 e. The molecule has 5 heteroatoms. The lowest BCUT2D eigenvalue weighted by Crippen LogP contribution is -2.14. The van der Waals surface area contributed by atoms with Crippen molar-refractivity contribution in [1.29, 1.82) is 0 Å². The van der Waals surface area contributed by atoms with Crippen LogP contribution in [0.25, 0.3) is 0 Å². The molecule has 4 nitrogen and oxygen atoms in total. The molecule has 1 aliphatic heterocycles. The molecule has 4 N–H and O–H groups in total. The first-order chi connectivity index (χ1) is 8.18. The molecule has 1 atom stereocenters. The molecule has 1 aromatic carbocycles. The van der Waals surface area contributed by atoms with E-state index >= 15 is 0 Å². The van der Waals surface area contributed by atoms with Crippen molar-refractivity contribution in [3.63, 3.8) is 0 Å². The van der Waals surface area contributed by atoms with E-state index in [2.05, 4.69) is 0 Å². The van der Waals surface area contributed by atoms with Crippen LogP contribution in [0, 0.1) is 0 Å². The summed E-state index contributed by atoms with van der Waals surface area (Å²) in [4.78, 5) is 12.1. The SMILES string of the molecule is NC(=O)c1cccc(N)c1SCC1CCCO1. The highest BCUT2D eigenvalue weighted by molar-refractivity contribution is 7.99. The van der Waals surface area contributed by atoms with E-state index in [0.717, 1.165) is 30.1 Å². The van der Waals surface area contributed by atoms with Crippen molar-refractivity contribution in [2.24, 2.45) is 5.73 Å². The second kappa shape index (κ2) is 5.42. The maximum absolute atomic E-state index is 11.3. The van der Waals surface area contributed by atoms with Crippen molar-refractivity contribution in [2.45, 2.75) is 23.8 Å². The van der Waals surface area contributed by atoms with Gasteiger partial charge in [-0.15, -0.1) is 11.8 Å². The molecule has 17 heavy (non-hydrogen) atoms. The predicted octanol–water partition coefficient (Wildman–Crippen LogP) is 1.64. The van der Waals surface area contributed by atoms with Crippen molar-refractivity contribution in [3.8, 4) is 0 Å². The highest BCUT2D eigenvalue weighted by atomic mass is 32.2. The summed E-state index contributed by atoms with van der Waals surface area (Å²) in [5, 5.41) is 0. The summed E-state index contributed by atoms with van der Waals surface area (Å²) < 4.78 is 5.54. The third-order valence-corrected chi connectivity index (χ3v) is 4.03. The maximum atomic E-state index is 11.3. The van der Waals surface area contributed by atoms with Gasteiger partial charge in [-0.05, 0) is 25.0 Å². The number of rotatable bonds is 4. The standard InChI is InChI=1S/C12H16N2O2S/c13-10-5-1-4-9(12(14)15)11(10)17-7-8-3-2-6-16-8/h1,4-5,8H,2-3,6-7,13H2,(H2,14,15). The van der Waals surface area contributed by atoms with Crippen LogP contribution in [0.15, 0.2) is 23.1 Å². The van der Waals surface area contributed by atoms with Gasteiger partial charge < -0.3 is 16.2 Å². The molecule has 0 radical (unpaired) electrons. The van der Waals surface area contributed by atoms with Gasteiger partial charge in [0.05, 0.1) is 11.7 Å². The van der Waals surface area contributed by atoms with Crippen LogP contribution in [-0.2, 0) is 4.74 Å². The fourth-order valence-electron chi connectivity index (χ4n) is 1.86. The molecule has 0 spiro atoms. The average molecular weight is 252 g/mol. The van der Waals surface area contributed by atoms with Gasteiger partial charge in [0.15, 0.2) is 0 Å². The van der Waals surface area contributed by atoms with Crippen LogP contribution in [-0.4, -0.2) is 24.4 Å². The van der Waals surface area contributed by atoms with Gasteiger partial charge in [-0.25, -0.2) is 0 Å². The predicted molar refractivity (Wildman–Crippen MR) is 69.1 cm³/mol. The number of nitrogens with two attached hydrogens (primary N) is 2. The number of carbonyl (C=O) groups excluding carboxylic acids is 1. The highest BCUT2D eigenvalue weighted by Crippen LogP contribution is 2.31. The van der Waals surface area contributed by atoms with Crippen molar-refractivity contribution < 1.29 is 9.53 Å². The molecule has 1 unspecified atom stereocenters. The third kappa shape index (κ3) is 2.92. The van der Waals surface area contributed by atoms with Crippen LogP contribution in [0.2, 0.25) is 0 Å². The van der Waals surface area contributed by atoms with Crippen LogP contribution >= 0.6 is 11.8 Å². The number of primary amides is 1. The molecule has 92 valence electrons. The zero-order valence-corrected chi connectivity index (χ0v) is 10.3. The molecule has 0 bridgehead atoms. The second-order valence-corrected chi connectivity index (χ2v) is 5.06. The summed E-state index contributed by atoms with van der Waals surface area (Å²) in [7, 11) is 0. The Hall–Kier alpha value is -1.20. The number of hydrogen-bond acceptors (Lipinski definition) is 4. The number of nitrogen functional groups attached to an aromatic ring is 1. The third-order valence-electron chi connectivity index (χ3n) is 2.75. The minimum absolute atomic E-state index is 0.264. The van der Waals surface area contributed by atoms with Gasteiger partial charge in [-0.1, -0.05) is 6.07 Å². The fourth-order valence-corrected chi connectivity index (χ4v) is 3.04. The van der Waals surface area contributed by atoms with Crippen LogP contribution in [0.4, 0.5) is 5.69 Å². The molecule has 0 aliphatic carbocycles. The number of carbonyl (C=O) groups is 1. The van der Waals surface area contributed by atoms with Crippen LogP contribution in [0.5, 0.6) is 0 Å². The Morgan fingerprint density at radius 3 is 3.00 bits per heavy atom. The Bertz CT molecular complexity index is 417. The molecule has 2 rings (SSSR count). The summed E-state index contributed by atoms with van der Waals surface area (Å²) >= 11 is 1.55. The van der Waals surface area contributed by atoms with Gasteiger partial charge in [0.25, 0.3) is 0 Å². The largest absolute Gasteiger partial charge is 0.398 e. The van der Waals surface area contributed by atoms with E-state index in [-0.39, 0.29) is 6.10 Å². The number of hydrogen-bond donors (Lipinski definition) is 2. The lowest BCUT2D eigenvalue weighted by atomic mass is 10.2. The minimum atomic E-state index is -0.438. The molecule has 1 saturated heterocycles. The number of anilines is 1. The first-order valence-electron chi connectivity index (χ1n) is 5.61. The van der Waals surface area contributed by atoms with E-state index in [1.54, 1.807) is 30.0 Å². The maximum Gasteiger partial charge on any atom is 0.249 e. The normalized spacial score (nSPS) is 19.4. The van der Waals surface area contributed by atoms with E-state index in [1.165, 1.54) is 0 Å².